The van der Waals surface area contributed by atoms with Crippen molar-refractivity contribution in [3.05, 3.63) is 77.5 Å². The second-order valence-corrected chi connectivity index (χ2v) is 8.96. The van der Waals surface area contributed by atoms with Crippen LogP contribution in [0.15, 0.2) is 60.8 Å². The van der Waals surface area contributed by atoms with Gasteiger partial charge in [-0.25, -0.2) is 0 Å². The molecule has 0 radical (unpaired) electrons. The first-order valence-electron chi connectivity index (χ1n) is 12.0. The highest BCUT2D eigenvalue weighted by atomic mass is 16.7. The Bertz CT molecular complexity index is 1480. The molecule has 36 heavy (non-hydrogen) atoms. The van der Waals surface area contributed by atoms with Crippen LogP contribution in [0.2, 0.25) is 0 Å². The van der Waals surface area contributed by atoms with Crippen molar-refractivity contribution in [1.82, 2.24) is 5.32 Å². The van der Waals surface area contributed by atoms with Gasteiger partial charge in [-0.2, -0.15) is 4.57 Å². The third kappa shape index (κ3) is 3.77. The minimum Gasteiger partial charge on any atom is -0.493 e. The molecule has 1 aromatic heterocycles. The fourth-order valence-electron chi connectivity index (χ4n) is 5.21. The van der Waals surface area contributed by atoms with E-state index in [9.17, 15) is 4.79 Å². The lowest BCUT2D eigenvalue weighted by Gasteiger charge is -2.21. The number of carbonyl (C=O) groups is 1. The maximum Gasteiger partial charge on any atom is 0.231 e. The van der Waals surface area contributed by atoms with Crippen LogP contribution in [0.3, 0.4) is 0 Å². The number of ether oxygens (including phenoxy) is 4. The number of fused-ring (bicyclic) bond motifs is 5. The zero-order valence-corrected chi connectivity index (χ0v) is 20.3. The van der Waals surface area contributed by atoms with E-state index in [0.29, 0.717) is 18.0 Å². The maximum absolute atomic E-state index is 13.3. The van der Waals surface area contributed by atoms with Crippen molar-refractivity contribution >= 4 is 16.7 Å². The Morgan fingerprint density at radius 2 is 1.81 bits per heavy atom. The molecule has 2 aliphatic rings. The number of pyridine rings is 1. The molecule has 0 fully saturated rings. The second kappa shape index (κ2) is 9.07. The standard InChI is InChI=1S/C29H26N2O5/c1-33-24-9-8-20-22(14-27(32)30-15-18-6-4-3-5-7-18)28-21-13-26-25(35-17-36-26)12-19(21)10-11-31(28)16-23(20)29(24)34-2/h3-9,12-13,16H,10-11,14-15,17H2,1-2H3/p+1. The van der Waals surface area contributed by atoms with E-state index in [1.54, 1.807) is 14.2 Å². The van der Waals surface area contributed by atoms with Gasteiger partial charge in [-0.3, -0.25) is 4.79 Å². The first kappa shape index (κ1) is 22.2. The van der Waals surface area contributed by atoms with E-state index in [-0.39, 0.29) is 19.1 Å². The topological polar surface area (TPSA) is 69.9 Å². The average molecular weight is 484 g/mol. The molecule has 3 aromatic carbocycles. The van der Waals surface area contributed by atoms with E-state index in [2.05, 4.69) is 22.1 Å². The third-order valence-corrected chi connectivity index (χ3v) is 6.91. The van der Waals surface area contributed by atoms with Gasteiger partial charge in [0.05, 0.1) is 31.6 Å². The van der Waals surface area contributed by atoms with Crippen molar-refractivity contribution in [1.29, 1.82) is 0 Å². The summed E-state index contributed by atoms with van der Waals surface area (Å²) in [5.74, 6) is 2.78. The van der Waals surface area contributed by atoms with Crippen molar-refractivity contribution in [3.63, 3.8) is 0 Å². The molecule has 7 nitrogen and oxygen atoms in total. The van der Waals surface area contributed by atoms with E-state index in [1.165, 1.54) is 5.56 Å². The summed E-state index contributed by atoms with van der Waals surface area (Å²) in [4.78, 5) is 13.3. The normalized spacial score (nSPS) is 13.2. The van der Waals surface area contributed by atoms with Crippen LogP contribution in [0, 0.1) is 0 Å². The van der Waals surface area contributed by atoms with E-state index in [0.717, 1.165) is 57.6 Å². The van der Waals surface area contributed by atoms with Crippen LogP contribution in [0.5, 0.6) is 23.0 Å². The average Bonchev–Trinajstić information content (AvgIpc) is 3.37. The molecule has 1 amide bonds. The number of aryl methyl sites for hydroxylation is 2. The Morgan fingerprint density at radius 1 is 1.00 bits per heavy atom. The quantitative estimate of drug-likeness (QED) is 0.421. The SMILES string of the molecule is COc1ccc2c(CC(=O)NCc3ccccc3)c3[n+](cc2c1OC)CCc1cc2c(cc1-3)OCO2. The highest BCUT2D eigenvalue weighted by Crippen LogP contribution is 2.43. The van der Waals surface area contributed by atoms with Crippen molar-refractivity contribution < 1.29 is 28.3 Å². The first-order chi connectivity index (χ1) is 17.7. The molecule has 0 unspecified atom stereocenters. The summed E-state index contributed by atoms with van der Waals surface area (Å²) in [6.45, 7) is 1.48. The van der Waals surface area contributed by atoms with Gasteiger partial charge < -0.3 is 24.3 Å². The van der Waals surface area contributed by atoms with Crippen LogP contribution in [0.1, 0.15) is 16.7 Å². The summed E-state index contributed by atoms with van der Waals surface area (Å²) in [7, 11) is 3.27. The minimum absolute atomic E-state index is 0.0446. The molecule has 0 bridgehead atoms. The Kier molecular flexibility index (Phi) is 5.60. The van der Waals surface area contributed by atoms with Crippen molar-refractivity contribution in [3.8, 4) is 34.3 Å². The van der Waals surface area contributed by atoms with Crippen molar-refractivity contribution in [2.75, 3.05) is 21.0 Å². The number of hydrogen-bond acceptors (Lipinski definition) is 5. The largest absolute Gasteiger partial charge is 0.493 e. The van der Waals surface area contributed by atoms with Crippen LogP contribution >= 0.6 is 0 Å². The molecule has 0 aliphatic carbocycles. The summed E-state index contributed by atoms with van der Waals surface area (Å²) >= 11 is 0. The fraction of sp³-hybridized carbons (Fsp3) is 0.241. The fourth-order valence-corrected chi connectivity index (χ4v) is 5.21. The molecule has 2 aliphatic heterocycles. The predicted octanol–water partition coefficient (Wildman–Crippen LogP) is 3.96. The molecule has 7 heteroatoms. The van der Waals surface area contributed by atoms with Crippen LogP contribution < -0.4 is 28.8 Å². The van der Waals surface area contributed by atoms with Crippen LogP contribution in [-0.4, -0.2) is 26.9 Å². The van der Waals surface area contributed by atoms with Crippen LogP contribution in [-0.2, 0) is 30.7 Å². The number of carbonyl (C=O) groups excluding carboxylic acids is 1. The van der Waals surface area contributed by atoms with E-state index < -0.39 is 0 Å². The summed E-state index contributed by atoms with van der Waals surface area (Å²) in [6.07, 6.45) is 3.18. The van der Waals surface area contributed by atoms with Gasteiger partial charge in [0.15, 0.2) is 35.7 Å². The van der Waals surface area contributed by atoms with E-state index >= 15 is 0 Å². The zero-order chi connectivity index (χ0) is 24.6. The summed E-state index contributed by atoms with van der Waals surface area (Å²) in [6, 6.07) is 17.9. The smallest absolute Gasteiger partial charge is 0.231 e. The van der Waals surface area contributed by atoms with Crippen LogP contribution in [0.25, 0.3) is 22.0 Å². The highest BCUT2D eigenvalue weighted by Gasteiger charge is 2.33. The summed E-state index contributed by atoms with van der Waals surface area (Å²) < 4.78 is 24.9. The van der Waals surface area contributed by atoms with E-state index in [1.807, 2.05) is 48.5 Å². The van der Waals surface area contributed by atoms with Gasteiger partial charge in [0.2, 0.25) is 18.4 Å². The molecular weight excluding hydrogens is 456 g/mol. The molecular formula is C29H27N2O5+. The first-order valence-corrected chi connectivity index (χ1v) is 12.0. The number of hydrogen-bond donors (Lipinski definition) is 1. The molecule has 6 rings (SSSR count). The van der Waals surface area contributed by atoms with Crippen molar-refractivity contribution in [2.24, 2.45) is 0 Å². The highest BCUT2D eigenvalue weighted by molar-refractivity contribution is 5.97. The number of aromatic nitrogens is 1. The van der Waals surface area contributed by atoms with Crippen molar-refractivity contribution in [2.45, 2.75) is 25.9 Å². The molecule has 1 N–H and O–H groups in total. The number of nitrogens with one attached hydrogen (secondary N) is 1. The molecule has 0 atom stereocenters. The lowest BCUT2D eigenvalue weighted by Crippen LogP contribution is -2.41. The Morgan fingerprint density at radius 3 is 2.58 bits per heavy atom. The molecule has 182 valence electrons. The lowest BCUT2D eigenvalue weighted by atomic mass is 9.89. The molecule has 0 saturated carbocycles. The number of rotatable bonds is 6. The van der Waals surface area contributed by atoms with Gasteiger partial charge in [-0.15, -0.1) is 0 Å². The number of methoxy groups -OCH3 is 2. The van der Waals surface area contributed by atoms with Crippen LogP contribution in [0.4, 0.5) is 0 Å². The molecule has 0 saturated heterocycles. The lowest BCUT2D eigenvalue weighted by molar-refractivity contribution is -0.686. The number of nitrogens with zero attached hydrogens (tertiary/aromatic N) is 1. The van der Waals surface area contributed by atoms with Gasteiger partial charge in [-0.1, -0.05) is 30.3 Å². The Balaban J connectivity index is 1.49. The van der Waals surface area contributed by atoms with Gasteiger partial charge >= 0.3 is 0 Å². The summed E-state index contributed by atoms with van der Waals surface area (Å²) in [5, 5.41) is 4.96. The maximum atomic E-state index is 13.3. The number of benzene rings is 3. The predicted molar refractivity (Wildman–Crippen MR) is 135 cm³/mol. The Hall–Kier alpha value is -4.26. The summed E-state index contributed by atoms with van der Waals surface area (Å²) in [5.41, 5.74) is 5.27. The monoisotopic (exact) mass is 483 g/mol. The second-order valence-electron chi connectivity index (χ2n) is 8.96. The van der Waals surface area contributed by atoms with Gasteiger partial charge in [-0.05, 0) is 35.4 Å². The number of amides is 1. The zero-order valence-electron chi connectivity index (χ0n) is 20.3. The molecule has 3 heterocycles. The molecule has 4 aromatic rings. The van der Waals surface area contributed by atoms with Gasteiger partial charge in [0, 0.05) is 23.9 Å². The van der Waals surface area contributed by atoms with Gasteiger partial charge in [0.1, 0.15) is 0 Å². The Labute approximate surface area is 209 Å². The third-order valence-electron chi connectivity index (χ3n) is 6.91. The molecule has 0 spiro atoms. The van der Waals surface area contributed by atoms with Gasteiger partial charge in [0.25, 0.3) is 0 Å². The minimum atomic E-state index is -0.0446. The van der Waals surface area contributed by atoms with E-state index in [4.69, 9.17) is 18.9 Å².